The number of carboxylic acids is 1. The highest BCUT2D eigenvalue weighted by Crippen LogP contribution is 2.20. The zero-order chi connectivity index (χ0) is 21.3. The molecule has 2 unspecified atom stereocenters. The Morgan fingerprint density at radius 3 is 2.17 bits per heavy atom. The van der Waals surface area contributed by atoms with Gasteiger partial charge in [-0.15, -0.1) is 0 Å². The molecular weight excluding hydrogens is 364 g/mol. The SMILES string of the molecule is CCCCC(N)(C(=O)O)C(=O)C(CCC)NCc1ccc(-c2ccccc2)cc1. The highest BCUT2D eigenvalue weighted by Gasteiger charge is 2.44. The molecule has 0 spiro atoms. The number of aliphatic carboxylic acids is 1. The summed E-state index contributed by atoms with van der Waals surface area (Å²) in [6.07, 6.45) is 2.87. The third-order valence-corrected chi connectivity index (χ3v) is 5.25. The van der Waals surface area contributed by atoms with Crippen molar-refractivity contribution < 1.29 is 14.7 Å². The number of carbonyl (C=O) groups is 2. The summed E-state index contributed by atoms with van der Waals surface area (Å²) >= 11 is 0. The number of hydrogen-bond donors (Lipinski definition) is 3. The van der Waals surface area contributed by atoms with Gasteiger partial charge in [-0.2, -0.15) is 0 Å². The van der Waals surface area contributed by atoms with Crippen LogP contribution in [0.25, 0.3) is 11.1 Å². The Bertz CT molecular complexity index is 790. The Kier molecular flexibility index (Phi) is 8.55. The predicted octanol–water partition coefficient (Wildman–Crippen LogP) is 4.15. The molecule has 5 nitrogen and oxygen atoms in total. The lowest BCUT2D eigenvalue weighted by molar-refractivity contribution is -0.149. The largest absolute Gasteiger partial charge is 0.480 e. The maximum Gasteiger partial charge on any atom is 0.331 e. The number of carboxylic acid groups (broad SMARTS) is 1. The Morgan fingerprint density at radius 2 is 1.62 bits per heavy atom. The summed E-state index contributed by atoms with van der Waals surface area (Å²) in [7, 11) is 0. The van der Waals surface area contributed by atoms with Gasteiger partial charge in [0.1, 0.15) is 0 Å². The molecule has 0 bridgehead atoms. The van der Waals surface area contributed by atoms with Crippen LogP contribution in [-0.4, -0.2) is 28.4 Å². The molecule has 0 heterocycles. The Hall–Kier alpha value is -2.50. The molecule has 2 aromatic rings. The van der Waals surface area contributed by atoms with Crippen LogP contribution in [-0.2, 0) is 16.1 Å². The number of unbranched alkanes of at least 4 members (excludes halogenated alkanes) is 1. The van der Waals surface area contributed by atoms with Crippen molar-refractivity contribution in [2.75, 3.05) is 0 Å². The van der Waals surface area contributed by atoms with Crippen LogP contribution in [0.15, 0.2) is 54.6 Å². The Balaban J connectivity index is 2.08. The van der Waals surface area contributed by atoms with E-state index in [4.69, 9.17) is 5.73 Å². The van der Waals surface area contributed by atoms with Gasteiger partial charge in [0.25, 0.3) is 0 Å². The lowest BCUT2D eigenvalue weighted by atomic mass is 9.84. The molecule has 0 amide bonds. The molecule has 0 aliphatic carbocycles. The first-order valence-electron chi connectivity index (χ1n) is 10.4. The summed E-state index contributed by atoms with van der Waals surface area (Å²) in [6, 6.07) is 17.7. The van der Waals surface area contributed by atoms with Gasteiger partial charge in [-0.1, -0.05) is 87.7 Å². The molecular formula is C24H32N2O3. The standard InChI is InChI=1S/C24H32N2O3/c1-3-5-16-24(25,23(28)29)22(27)21(9-4-2)26-17-18-12-14-20(15-13-18)19-10-7-6-8-11-19/h6-8,10-15,21,26H,3-5,9,16-17,25H2,1-2H3,(H,28,29). The molecule has 2 aromatic carbocycles. The second-order valence-electron chi connectivity index (χ2n) is 7.53. The monoisotopic (exact) mass is 396 g/mol. The fraction of sp³-hybridized carbons (Fsp3) is 0.417. The van der Waals surface area contributed by atoms with Crippen LogP contribution in [0.5, 0.6) is 0 Å². The molecule has 0 aliphatic rings. The molecule has 0 saturated carbocycles. The minimum Gasteiger partial charge on any atom is -0.480 e. The zero-order valence-electron chi connectivity index (χ0n) is 17.4. The third kappa shape index (κ3) is 5.99. The van der Waals surface area contributed by atoms with E-state index >= 15 is 0 Å². The number of ketones is 1. The normalized spacial score (nSPS) is 14.2. The predicted molar refractivity (Wildman–Crippen MR) is 116 cm³/mol. The number of nitrogens with two attached hydrogens (primary N) is 1. The molecule has 5 heteroatoms. The van der Waals surface area contributed by atoms with Crippen molar-refractivity contribution in [2.45, 2.75) is 64.1 Å². The number of carbonyl (C=O) groups excluding carboxylic acids is 1. The third-order valence-electron chi connectivity index (χ3n) is 5.25. The summed E-state index contributed by atoms with van der Waals surface area (Å²) in [4.78, 5) is 24.7. The van der Waals surface area contributed by atoms with Gasteiger partial charge < -0.3 is 16.2 Å². The quantitative estimate of drug-likeness (QED) is 0.469. The summed E-state index contributed by atoms with van der Waals surface area (Å²) in [6.45, 7) is 4.41. The van der Waals surface area contributed by atoms with Crippen molar-refractivity contribution in [3.05, 3.63) is 60.2 Å². The summed E-state index contributed by atoms with van der Waals surface area (Å²) < 4.78 is 0. The first-order chi connectivity index (χ1) is 13.9. The van der Waals surface area contributed by atoms with Gasteiger partial charge in [0.15, 0.2) is 11.3 Å². The number of rotatable bonds is 12. The van der Waals surface area contributed by atoms with Gasteiger partial charge in [-0.25, -0.2) is 4.79 Å². The molecule has 2 atom stereocenters. The number of Topliss-reactive ketones (excluding diaryl/α,β-unsaturated/α-hetero) is 1. The molecule has 0 aliphatic heterocycles. The van der Waals surface area contributed by atoms with Gasteiger partial charge in [0, 0.05) is 6.54 Å². The van der Waals surface area contributed by atoms with Crippen molar-refractivity contribution in [1.82, 2.24) is 5.32 Å². The maximum absolute atomic E-state index is 13.0. The lowest BCUT2D eigenvalue weighted by Gasteiger charge is -2.28. The lowest BCUT2D eigenvalue weighted by Crippen LogP contribution is -2.60. The second-order valence-corrected chi connectivity index (χ2v) is 7.53. The maximum atomic E-state index is 13.0. The first-order valence-corrected chi connectivity index (χ1v) is 10.4. The Labute approximate surface area is 173 Å². The van der Waals surface area contributed by atoms with E-state index in [2.05, 4.69) is 29.6 Å². The number of benzene rings is 2. The fourth-order valence-corrected chi connectivity index (χ4v) is 3.40. The van der Waals surface area contributed by atoms with E-state index in [1.54, 1.807) is 0 Å². The molecule has 156 valence electrons. The number of hydrogen-bond acceptors (Lipinski definition) is 4. The van der Waals surface area contributed by atoms with Crippen molar-refractivity contribution in [1.29, 1.82) is 0 Å². The van der Waals surface area contributed by atoms with Gasteiger partial charge in [-0.05, 0) is 29.5 Å². The molecule has 4 N–H and O–H groups in total. The molecule has 0 radical (unpaired) electrons. The minimum absolute atomic E-state index is 0.158. The van der Waals surface area contributed by atoms with Gasteiger partial charge in [0.2, 0.25) is 0 Å². The summed E-state index contributed by atoms with van der Waals surface area (Å²) in [5.74, 6) is -1.67. The van der Waals surface area contributed by atoms with E-state index in [0.29, 0.717) is 19.4 Å². The van der Waals surface area contributed by atoms with Gasteiger partial charge in [-0.3, -0.25) is 4.79 Å². The van der Waals surface area contributed by atoms with E-state index in [1.165, 1.54) is 0 Å². The molecule has 0 fully saturated rings. The van der Waals surface area contributed by atoms with Crippen LogP contribution >= 0.6 is 0 Å². The van der Waals surface area contributed by atoms with Crippen molar-refractivity contribution in [3.8, 4) is 11.1 Å². The highest BCUT2D eigenvalue weighted by molar-refractivity contribution is 6.09. The van der Waals surface area contributed by atoms with Crippen molar-refractivity contribution >= 4 is 11.8 Å². The summed E-state index contributed by atoms with van der Waals surface area (Å²) in [5.41, 5.74) is 7.54. The first kappa shape index (κ1) is 22.8. The van der Waals surface area contributed by atoms with Crippen LogP contribution in [0.4, 0.5) is 0 Å². The molecule has 29 heavy (non-hydrogen) atoms. The van der Waals surface area contributed by atoms with Gasteiger partial charge >= 0.3 is 5.97 Å². The highest BCUT2D eigenvalue weighted by atomic mass is 16.4. The van der Waals surface area contributed by atoms with E-state index in [9.17, 15) is 14.7 Å². The van der Waals surface area contributed by atoms with E-state index in [-0.39, 0.29) is 6.42 Å². The van der Waals surface area contributed by atoms with Crippen LogP contribution in [0.1, 0.15) is 51.5 Å². The van der Waals surface area contributed by atoms with E-state index < -0.39 is 23.3 Å². The van der Waals surface area contributed by atoms with Crippen molar-refractivity contribution in [2.24, 2.45) is 5.73 Å². The van der Waals surface area contributed by atoms with Crippen molar-refractivity contribution in [3.63, 3.8) is 0 Å². The molecule has 2 rings (SSSR count). The molecule has 0 aromatic heterocycles. The van der Waals surface area contributed by atoms with Gasteiger partial charge in [0.05, 0.1) is 6.04 Å². The second kappa shape index (κ2) is 10.9. The zero-order valence-corrected chi connectivity index (χ0v) is 17.4. The van der Waals surface area contributed by atoms with Crippen LogP contribution in [0.3, 0.4) is 0 Å². The number of nitrogens with one attached hydrogen (secondary N) is 1. The minimum atomic E-state index is -1.83. The summed E-state index contributed by atoms with van der Waals surface area (Å²) in [5, 5.41) is 12.8. The van der Waals surface area contributed by atoms with E-state index in [1.807, 2.05) is 44.2 Å². The Morgan fingerprint density at radius 1 is 1.00 bits per heavy atom. The smallest absolute Gasteiger partial charge is 0.331 e. The fourth-order valence-electron chi connectivity index (χ4n) is 3.40. The topological polar surface area (TPSA) is 92.4 Å². The molecule has 0 saturated heterocycles. The van der Waals surface area contributed by atoms with Crippen LogP contribution in [0, 0.1) is 0 Å². The van der Waals surface area contributed by atoms with E-state index in [0.717, 1.165) is 29.5 Å². The average Bonchev–Trinajstić information content (AvgIpc) is 2.75. The van der Waals surface area contributed by atoms with Crippen LogP contribution < -0.4 is 11.1 Å². The van der Waals surface area contributed by atoms with Crippen LogP contribution in [0.2, 0.25) is 0 Å². The average molecular weight is 397 g/mol.